The highest BCUT2D eigenvalue weighted by Gasteiger charge is 2.15. The zero-order valence-electron chi connectivity index (χ0n) is 11.5. The van der Waals surface area contributed by atoms with Crippen molar-refractivity contribution in [3.8, 4) is 0 Å². The first kappa shape index (κ1) is 15.2. The van der Waals surface area contributed by atoms with Crippen molar-refractivity contribution in [2.75, 3.05) is 0 Å². The highest BCUT2D eigenvalue weighted by Crippen LogP contribution is 2.27. The number of hydrogen-bond acceptors (Lipinski definition) is 2. The summed E-state index contributed by atoms with van der Waals surface area (Å²) in [6.07, 6.45) is 0. The molecule has 0 radical (unpaired) electrons. The van der Waals surface area contributed by atoms with E-state index in [0.717, 1.165) is 14.9 Å². The van der Waals surface area contributed by atoms with E-state index in [4.69, 9.17) is 0 Å². The summed E-state index contributed by atoms with van der Waals surface area (Å²) in [4.78, 5) is 12.8. The van der Waals surface area contributed by atoms with Gasteiger partial charge in [0.2, 0.25) is 0 Å². The lowest BCUT2D eigenvalue weighted by Gasteiger charge is -2.14. The smallest absolute Gasteiger partial charge is 0.261 e. The highest BCUT2D eigenvalue weighted by atomic mass is 79.9. The monoisotopic (exact) mass is 355 g/mol. The summed E-state index contributed by atoms with van der Waals surface area (Å²) in [5, 5.41) is 2.88. The Balaban J connectivity index is 2.12. The summed E-state index contributed by atoms with van der Waals surface area (Å²) in [6, 6.07) is 6.62. The van der Waals surface area contributed by atoms with Gasteiger partial charge in [0.15, 0.2) is 0 Å². The number of hydrogen-bond donors (Lipinski definition) is 1. The van der Waals surface area contributed by atoms with Gasteiger partial charge in [-0.15, -0.1) is 11.3 Å². The van der Waals surface area contributed by atoms with Crippen molar-refractivity contribution in [1.29, 1.82) is 0 Å². The highest BCUT2D eigenvalue weighted by molar-refractivity contribution is 9.11. The molecule has 2 nitrogen and oxygen atoms in total. The van der Waals surface area contributed by atoms with Crippen molar-refractivity contribution in [3.63, 3.8) is 0 Å². The lowest BCUT2D eigenvalue weighted by molar-refractivity contribution is 0.0944. The third-order valence-electron chi connectivity index (χ3n) is 3.12. The number of rotatable bonds is 3. The summed E-state index contributed by atoms with van der Waals surface area (Å²) < 4.78 is 14.5. The van der Waals surface area contributed by atoms with Gasteiger partial charge in [0.1, 0.15) is 5.82 Å². The molecule has 2 rings (SSSR count). The summed E-state index contributed by atoms with van der Waals surface area (Å²) in [5.41, 5.74) is 2.40. The fraction of sp³-hybridized carbons (Fsp3) is 0.267. The molecule has 20 heavy (non-hydrogen) atoms. The van der Waals surface area contributed by atoms with Crippen molar-refractivity contribution in [1.82, 2.24) is 5.32 Å². The summed E-state index contributed by atoms with van der Waals surface area (Å²) in [5.74, 6) is -0.393. The van der Waals surface area contributed by atoms with Gasteiger partial charge in [0.05, 0.1) is 14.7 Å². The minimum absolute atomic E-state index is 0.141. The van der Waals surface area contributed by atoms with Crippen LogP contribution in [0, 0.1) is 19.7 Å². The van der Waals surface area contributed by atoms with E-state index in [2.05, 4.69) is 21.2 Å². The molecule has 0 aliphatic carbocycles. The van der Waals surface area contributed by atoms with Gasteiger partial charge >= 0.3 is 0 Å². The van der Waals surface area contributed by atoms with Gasteiger partial charge in [-0.05, 0) is 65.5 Å². The molecule has 1 heterocycles. The SMILES string of the molecule is Cc1ccc(C(C)NC(=O)c2cc(C)c(Br)s2)cc1F. The van der Waals surface area contributed by atoms with Crippen LogP contribution >= 0.6 is 27.3 Å². The van der Waals surface area contributed by atoms with Crippen LogP contribution in [0.15, 0.2) is 28.1 Å². The van der Waals surface area contributed by atoms with Crippen LogP contribution < -0.4 is 5.32 Å². The van der Waals surface area contributed by atoms with Gasteiger partial charge < -0.3 is 5.32 Å². The van der Waals surface area contributed by atoms with E-state index < -0.39 is 0 Å². The lowest BCUT2D eigenvalue weighted by atomic mass is 10.1. The van der Waals surface area contributed by atoms with Crippen LogP contribution in [0.5, 0.6) is 0 Å². The second-order valence-corrected chi connectivity index (χ2v) is 7.14. The first-order chi connectivity index (χ1) is 9.38. The van der Waals surface area contributed by atoms with E-state index in [1.165, 1.54) is 17.4 Å². The number of halogens is 2. The standard InChI is InChI=1S/C15H15BrFNOS/c1-8-4-5-11(7-12(8)17)10(3)18-15(19)13-6-9(2)14(16)20-13/h4-7,10H,1-3H3,(H,18,19). The van der Waals surface area contributed by atoms with Crippen LogP contribution in [-0.4, -0.2) is 5.91 Å². The molecule has 1 atom stereocenters. The van der Waals surface area contributed by atoms with Gasteiger partial charge in [-0.3, -0.25) is 4.79 Å². The molecular weight excluding hydrogens is 341 g/mol. The van der Waals surface area contributed by atoms with Crippen molar-refractivity contribution >= 4 is 33.2 Å². The van der Waals surface area contributed by atoms with E-state index in [9.17, 15) is 9.18 Å². The van der Waals surface area contributed by atoms with Crippen LogP contribution in [0.2, 0.25) is 0 Å². The molecule has 1 aromatic heterocycles. The Hall–Kier alpha value is -1.20. The molecule has 1 unspecified atom stereocenters. The van der Waals surface area contributed by atoms with E-state index in [1.54, 1.807) is 13.0 Å². The van der Waals surface area contributed by atoms with Crippen LogP contribution in [0.3, 0.4) is 0 Å². The zero-order valence-corrected chi connectivity index (χ0v) is 13.9. The number of nitrogens with one attached hydrogen (secondary N) is 1. The molecule has 1 amide bonds. The average Bonchev–Trinajstić information content (AvgIpc) is 2.73. The number of carbonyl (C=O) groups excluding carboxylic acids is 1. The van der Waals surface area contributed by atoms with E-state index in [1.807, 2.05) is 26.0 Å². The minimum Gasteiger partial charge on any atom is -0.345 e. The summed E-state index contributed by atoms with van der Waals surface area (Å²) in [6.45, 7) is 5.50. The summed E-state index contributed by atoms with van der Waals surface area (Å²) >= 11 is 4.80. The predicted octanol–water partition coefficient (Wildman–Crippen LogP) is 4.76. The average molecular weight is 356 g/mol. The normalized spacial score (nSPS) is 12.2. The fourth-order valence-corrected chi connectivity index (χ4v) is 3.24. The van der Waals surface area contributed by atoms with Gasteiger partial charge in [0.25, 0.3) is 5.91 Å². The van der Waals surface area contributed by atoms with Crippen LogP contribution in [0.1, 0.15) is 39.3 Å². The Morgan fingerprint density at radius 1 is 1.30 bits per heavy atom. The minimum atomic E-state index is -0.252. The number of amides is 1. The molecule has 1 N–H and O–H groups in total. The molecule has 0 aliphatic rings. The molecule has 2 aromatic rings. The van der Waals surface area contributed by atoms with E-state index in [0.29, 0.717) is 10.4 Å². The van der Waals surface area contributed by atoms with Gasteiger partial charge in [-0.2, -0.15) is 0 Å². The fourth-order valence-electron chi connectivity index (χ4n) is 1.80. The van der Waals surface area contributed by atoms with Crippen LogP contribution in [0.4, 0.5) is 4.39 Å². The molecule has 0 bridgehead atoms. The Bertz CT molecular complexity index is 634. The van der Waals surface area contributed by atoms with Gasteiger partial charge in [-0.1, -0.05) is 12.1 Å². The van der Waals surface area contributed by atoms with Crippen molar-refractivity contribution in [2.45, 2.75) is 26.8 Å². The second kappa shape index (κ2) is 6.06. The number of aryl methyl sites for hydroxylation is 2. The first-order valence-electron chi connectivity index (χ1n) is 6.21. The third-order valence-corrected chi connectivity index (χ3v) is 5.26. The molecule has 0 saturated carbocycles. The van der Waals surface area contributed by atoms with E-state index in [-0.39, 0.29) is 17.8 Å². The molecule has 0 saturated heterocycles. The maximum Gasteiger partial charge on any atom is 0.261 e. The maximum atomic E-state index is 13.5. The number of carbonyl (C=O) groups is 1. The van der Waals surface area contributed by atoms with Crippen LogP contribution in [-0.2, 0) is 0 Å². The van der Waals surface area contributed by atoms with Crippen LogP contribution in [0.25, 0.3) is 0 Å². The molecular formula is C15H15BrFNOS. The zero-order chi connectivity index (χ0) is 14.9. The third kappa shape index (κ3) is 3.27. The summed E-state index contributed by atoms with van der Waals surface area (Å²) in [7, 11) is 0. The number of thiophene rings is 1. The Labute approximate surface area is 130 Å². The maximum absolute atomic E-state index is 13.5. The topological polar surface area (TPSA) is 29.1 Å². The molecule has 0 fully saturated rings. The van der Waals surface area contributed by atoms with Gasteiger partial charge in [-0.25, -0.2) is 4.39 Å². The molecule has 0 spiro atoms. The number of benzene rings is 1. The Kier molecular flexibility index (Phi) is 4.60. The van der Waals surface area contributed by atoms with Crippen molar-refractivity contribution in [3.05, 3.63) is 55.4 Å². The predicted molar refractivity (Wildman–Crippen MR) is 83.8 cm³/mol. The Morgan fingerprint density at radius 3 is 2.55 bits per heavy atom. The lowest BCUT2D eigenvalue weighted by Crippen LogP contribution is -2.26. The first-order valence-corrected chi connectivity index (χ1v) is 7.82. The quantitative estimate of drug-likeness (QED) is 0.844. The largest absolute Gasteiger partial charge is 0.345 e. The van der Waals surface area contributed by atoms with Gasteiger partial charge in [0, 0.05) is 0 Å². The van der Waals surface area contributed by atoms with Crippen molar-refractivity contribution in [2.24, 2.45) is 0 Å². The van der Waals surface area contributed by atoms with E-state index >= 15 is 0 Å². The van der Waals surface area contributed by atoms with Crippen molar-refractivity contribution < 1.29 is 9.18 Å². The Morgan fingerprint density at radius 2 is 2.00 bits per heavy atom. The molecule has 5 heteroatoms. The molecule has 0 aliphatic heterocycles. The molecule has 106 valence electrons. The second-order valence-electron chi connectivity index (χ2n) is 4.77. The molecule has 1 aromatic carbocycles.